The minimum absolute atomic E-state index is 0.451. The van der Waals surface area contributed by atoms with E-state index in [0.717, 1.165) is 58.2 Å². The Morgan fingerprint density at radius 1 is 1.18 bits per heavy atom. The molecule has 1 aromatic heterocycles. The predicted molar refractivity (Wildman–Crippen MR) is 111 cm³/mol. The Labute approximate surface area is 171 Å². The van der Waals surface area contributed by atoms with Crippen LogP contribution in [0, 0.1) is 0 Å². The Bertz CT molecular complexity index is 776. The highest BCUT2D eigenvalue weighted by Crippen LogP contribution is 2.45. The second-order valence-corrected chi connectivity index (χ2v) is 8.97. The first-order chi connectivity index (χ1) is 13.9. The molecule has 2 aromatic rings. The van der Waals surface area contributed by atoms with Crippen LogP contribution in [0.5, 0.6) is 5.75 Å². The third-order valence-corrected chi connectivity index (χ3v) is 7.25. The Kier molecular flexibility index (Phi) is 5.63. The van der Waals surface area contributed by atoms with Gasteiger partial charge >= 0.3 is 0 Å². The molecule has 0 saturated carbocycles. The van der Waals surface area contributed by atoms with Gasteiger partial charge in [0.2, 0.25) is 0 Å². The molecule has 4 heterocycles. The van der Waals surface area contributed by atoms with Gasteiger partial charge in [-0.05, 0) is 49.1 Å². The van der Waals surface area contributed by atoms with E-state index in [4.69, 9.17) is 9.47 Å². The van der Waals surface area contributed by atoms with Gasteiger partial charge < -0.3 is 9.47 Å². The molecule has 2 fully saturated rings. The number of aromatic nitrogens is 1. The summed E-state index contributed by atoms with van der Waals surface area (Å²) in [5.74, 6) is 1.48. The monoisotopic (exact) mass is 399 g/mol. The fourth-order valence-corrected chi connectivity index (χ4v) is 5.65. The molecule has 5 nitrogen and oxygen atoms in total. The van der Waals surface area contributed by atoms with Crippen molar-refractivity contribution < 1.29 is 9.47 Å². The van der Waals surface area contributed by atoms with Gasteiger partial charge in [-0.2, -0.15) is 0 Å². The molecule has 1 aromatic carbocycles. The van der Waals surface area contributed by atoms with Gasteiger partial charge in [0, 0.05) is 49.2 Å². The summed E-state index contributed by atoms with van der Waals surface area (Å²) >= 11 is 1.78. The minimum atomic E-state index is 0.451. The van der Waals surface area contributed by atoms with Gasteiger partial charge in [-0.1, -0.05) is 6.07 Å². The lowest BCUT2D eigenvalue weighted by Crippen LogP contribution is -2.37. The van der Waals surface area contributed by atoms with Crippen LogP contribution < -0.4 is 4.74 Å². The molecule has 0 aliphatic carbocycles. The highest BCUT2D eigenvalue weighted by Gasteiger charge is 2.37. The number of fused-ring (bicyclic) bond motifs is 3. The second-order valence-electron chi connectivity index (χ2n) is 8.06. The number of rotatable bonds is 6. The zero-order valence-electron chi connectivity index (χ0n) is 16.4. The van der Waals surface area contributed by atoms with E-state index in [-0.39, 0.29) is 0 Å². The molecule has 0 radical (unpaired) electrons. The van der Waals surface area contributed by atoms with Crippen LogP contribution in [-0.4, -0.2) is 67.3 Å². The van der Waals surface area contributed by atoms with Crippen molar-refractivity contribution in [1.82, 2.24) is 14.8 Å². The Hall–Kier alpha value is -1.47. The number of nitrogens with zero attached hydrogens (tertiary/aromatic N) is 3. The van der Waals surface area contributed by atoms with Crippen molar-refractivity contribution in [2.75, 3.05) is 52.5 Å². The van der Waals surface area contributed by atoms with Crippen molar-refractivity contribution in [3.05, 3.63) is 45.9 Å². The highest BCUT2D eigenvalue weighted by atomic mass is 32.1. The summed E-state index contributed by atoms with van der Waals surface area (Å²) in [6.07, 6.45) is 5.68. The molecule has 0 bridgehead atoms. The lowest BCUT2D eigenvalue weighted by Gasteiger charge is -2.37. The van der Waals surface area contributed by atoms with Crippen LogP contribution in [0.1, 0.15) is 47.2 Å². The number of benzene rings is 1. The first-order valence-electron chi connectivity index (χ1n) is 10.6. The van der Waals surface area contributed by atoms with E-state index in [9.17, 15) is 0 Å². The van der Waals surface area contributed by atoms with E-state index in [1.165, 1.54) is 35.4 Å². The van der Waals surface area contributed by atoms with Crippen LogP contribution in [0.2, 0.25) is 0 Å². The van der Waals surface area contributed by atoms with Gasteiger partial charge in [0.05, 0.1) is 25.3 Å². The number of morpholine rings is 1. The molecule has 0 N–H and O–H groups in total. The maximum atomic E-state index is 6.15. The zero-order chi connectivity index (χ0) is 18.8. The molecule has 0 unspecified atom stereocenters. The molecule has 2 saturated heterocycles. The molecule has 5 rings (SSSR count). The summed E-state index contributed by atoms with van der Waals surface area (Å²) < 4.78 is 11.6. The van der Waals surface area contributed by atoms with E-state index < -0.39 is 0 Å². The Morgan fingerprint density at radius 3 is 2.96 bits per heavy atom. The van der Waals surface area contributed by atoms with E-state index >= 15 is 0 Å². The number of hydrogen-bond donors (Lipinski definition) is 0. The van der Waals surface area contributed by atoms with E-state index in [1.54, 1.807) is 11.3 Å². The molecular weight excluding hydrogens is 370 g/mol. The molecule has 28 heavy (non-hydrogen) atoms. The summed E-state index contributed by atoms with van der Waals surface area (Å²) in [7, 11) is 0. The molecular formula is C22H29N3O2S. The molecule has 0 spiro atoms. The maximum absolute atomic E-state index is 6.15. The predicted octanol–water partition coefficient (Wildman–Crippen LogP) is 3.53. The van der Waals surface area contributed by atoms with Gasteiger partial charge in [0.1, 0.15) is 5.75 Å². The second kappa shape index (κ2) is 8.49. The number of thiazole rings is 1. The fraction of sp³-hybridized carbons (Fsp3) is 0.591. The first-order valence-corrected chi connectivity index (χ1v) is 11.5. The topological polar surface area (TPSA) is 37.8 Å². The van der Waals surface area contributed by atoms with Crippen LogP contribution in [0.25, 0.3) is 0 Å². The Balaban J connectivity index is 1.27. The number of ether oxygens (including phenoxy) is 2. The maximum Gasteiger partial charge on any atom is 0.119 e. The van der Waals surface area contributed by atoms with Crippen LogP contribution >= 0.6 is 11.3 Å². The van der Waals surface area contributed by atoms with Crippen LogP contribution in [-0.2, 0) is 4.74 Å². The van der Waals surface area contributed by atoms with Gasteiger partial charge in [-0.15, -0.1) is 11.3 Å². The van der Waals surface area contributed by atoms with E-state index in [0.29, 0.717) is 12.0 Å². The van der Waals surface area contributed by atoms with Crippen molar-refractivity contribution in [3.8, 4) is 5.75 Å². The molecule has 3 aliphatic heterocycles. The van der Waals surface area contributed by atoms with E-state index in [2.05, 4.69) is 33.0 Å². The third kappa shape index (κ3) is 3.83. The summed E-state index contributed by atoms with van der Waals surface area (Å²) in [6, 6.07) is 7.37. The van der Waals surface area contributed by atoms with Gasteiger partial charge in [0.15, 0.2) is 0 Å². The quantitative estimate of drug-likeness (QED) is 0.695. The van der Waals surface area contributed by atoms with Crippen molar-refractivity contribution in [2.24, 2.45) is 0 Å². The standard InChI is InChI=1S/C22H29N3O2S/c1-3-21-19-13-17(27-10-2-6-24-8-11-26-12-9-24)4-5-18(19)20(15-25(21)7-1)22-14-23-16-28-22/h4-5,13-14,16,20-21H,1-3,6-12,15H2/t20-,21-/m0/s1. The molecule has 6 heteroatoms. The minimum Gasteiger partial charge on any atom is -0.494 e. The van der Waals surface area contributed by atoms with Crippen molar-refractivity contribution in [1.29, 1.82) is 0 Å². The third-order valence-electron chi connectivity index (χ3n) is 6.36. The van der Waals surface area contributed by atoms with Gasteiger partial charge in [-0.3, -0.25) is 14.8 Å². The van der Waals surface area contributed by atoms with Crippen LogP contribution in [0.3, 0.4) is 0 Å². The SMILES string of the molecule is c1ncc([C@H]2CN3CCC[C@H]3c3cc(OCCCN4CCOCC4)ccc32)s1. The van der Waals surface area contributed by atoms with E-state index in [1.807, 2.05) is 11.7 Å². The number of hydrogen-bond acceptors (Lipinski definition) is 6. The average Bonchev–Trinajstić information content (AvgIpc) is 3.43. The van der Waals surface area contributed by atoms with Gasteiger partial charge in [0.25, 0.3) is 0 Å². The first kappa shape index (κ1) is 18.6. The summed E-state index contributed by atoms with van der Waals surface area (Å²) in [6.45, 7) is 8.05. The molecule has 3 aliphatic rings. The summed E-state index contributed by atoms with van der Waals surface area (Å²) in [5.41, 5.74) is 4.91. The van der Waals surface area contributed by atoms with Crippen LogP contribution in [0.4, 0.5) is 0 Å². The zero-order valence-corrected chi connectivity index (χ0v) is 17.2. The van der Waals surface area contributed by atoms with Crippen LogP contribution in [0.15, 0.2) is 29.9 Å². The lowest BCUT2D eigenvalue weighted by atomic mass is 9.84. The van der Waals surface area contributed by atoms with Crippen molar-refractivity contribution in [2.45, 2.75) is 31.2 Å². The highest BCUT2D eigenvalue weighted by molar-refractivity contribution is 7.09. The van der Waals surface area contributed by atoms with Crippen molar-refractivity contribution >= 4 is 11.3 Å². The average molecular weight is 400 g/mol. The smallest absolute Gasteiger partial charge is 0.119 e. The molecule has 2 atom stereocenters. The largest absolute Gasteiger partial charge is 0.494 e. The molecule has 150 valence electrons. The normalized spacial score (nSPS) is 25.4. The lowest BCUT2D eigenvalue weighted by molar-refractivity contribution is 0.0358. The Morgan fingerprint density at radius 2 is 2.11 bits per heavy atom. The van der Waals surface area contributed by atoms with Crippen molar-refractivity contribution in [3.63, 3.8) is 0 Å². The fourth-order valence-electron chi connectivity index (χ4n) is 4.92. The molecule has 0 amide bonds. The van der Waals surface area contributed by atoms with Gasteiger partial charge in [-0.25, -0.2) is 0 Å². The summed E-state index contributed by atoms with van der Waals surface area (Å²) in [4.78, 5) is 10.8. The summed E-state index contributed by atoms with van der Waals surface area (Å²) in [5, 5.41) is 0.